The van der Waals surface area contributed by atoms with E-state index in [2.05, 4.69) is 18.7 Å². The van der Waals surface area contributed by atoms with Crippen LogP contribution in [0.5, 0.6) is 5.75 Å². The molecule has 2 aromatic carbocycles. The molecule has 0 unspecified atom stereocenters. The predicted molar refractivity (Wildman–Crippen MR) is 147 cm³/mol. The molecule has 0 atom stereocenters. The minimum absolute atomic E-state index is 0.0937. The van der Waals surface area contributed by atoms with Gasteiger partial charge < -0.3 is 19.4 Å². The summed E-state index contributed by atoms with van der Waals surface area (Å²) in [5.74, 6) is 1.39. The summed E-state index contributed by atoms with van der Waals surface area (Å²) in [5.41, 5.74) is 1.90. The maximum absolute atomic E-state index is 13.6. The van der Waals surface area contributed by atoms with Gasteiger partial charge >= 0.3 is 0 Å². The zero-order valence-corrected chi connectivity index (χ0v) is 22.9. The lowest BCUT2D eigenvalue weighted by Crippen LogP contribution is -2.48. The molecule has 2 aliphatic heterocycles. The van der Waals surface area contributed by atoms with Crippen molar-refractivity contribution < 1.29 is 18.7 Å². The number of hydrogen-bond acceptors (Lipinski definition) is 4. The highest BCUT2D eigenvalue weighted by Gasteiger charge is 2.28. The quantitative estimate of drug-likeness (QED) is 0.397. The fourth-order valence-corrected chi connectivity index (χ4v) is 5.33. The molecule has 2 saturated heterocycles. The Bertz CT molecular complexity index is 1030. The lowest BCUT2D eigenvalue weighted by Gasteiger charge is -2.39. The molecule has 2 aliphatic rings. The Morgan fingerprint density at radius 3 is 2.32 bits per heavy atom. The highest BCUT2D eigenvalue weighted by molar-refractivity contribution is 5.79. The van der Waals surface area contributed by atoms with Crippen molar-refractivity contribution in [1.82, 2.24) is 14.7 Å². The van der Waals surface area contributed by atoms with Crippen molar-refractivity contribution in [1.29, 1.82) is 0 Å². The van der Waals surface area contributed by atoms with Gasteiger partial charge in [0.1, 0.15) is 11.6 Å². The van der Waals surface area contributed by atoms with E-state index in [1.165, 1.54) is 12.1 Å². The van der Waals surface area contributed by atoms with Crippen LogP contribution in [-0.4, -0.2) is 71.9 Å². The summed E-state index contributed by atoms with van der Waals surface area (Å²) >= 11 is 0. The van der Waals surface area contributed by atoms with Crippen LogP contribution in [0.3, 0.4) is 0 Å². The summed E-state index contributed by atoms with van der Waals surface area (Å²) in [5, 5.41) is 0. The molecule has 0 radical (unpaired) electrons. The summed E-state index contributed by atoms with van der Waals surface area (Å²) < 4.78 is 19.3. The second-order valence-electron chi connectivity index (χ2n) is 11.1. The van der Waals surface area contributed by atoms with Gasteiger partial charge in [-0.15, -0.1) is 0 Å². The van der Waals surface area contributed by atoms with E-state index < -0.39 is 0 Å². The number of benzene rings is 2. The first kappa shape index (κ1) is 28.1. The van der Waals surface area contributed by atoms with E-state index in [0.717, 1.165) is 75.3 Å². The Labute approximate surface area is 226 Å². The number of ether oxygens (including phenoxy) is 1. The normalized spacial score (nSPS) is 16.8. The van der Waals surface area contributed by atoms with Crippen molar-refractivity contribution in [3.63, 3.8) is 0 Å². The van der Waals surface area contributed by atoms with Crippen molar-refractivity contribution in [2.75, 3.05) is 39.3 Å². The maximum Gasteiger partial charge on any atom is 0.227 e. The average molecular weight is 524 g/mol. The summed E-state index contributed by atoms with van der Waals surface area (Å²) in [6.07, 6.45) is 4.83. The molecule has 0 aliphatic carbocycles. The van der Waals surface area contributed by atoms with E-state index >= 15 is 0 Å². The molecular weight excluding hydrogens is 481 g/mol. The van der Waals surface area contributed by atoms with Gasteiger partial charge in [0.25, 0.3) is 0 Å². The van der Waals surface area contributed by atoms with E-state index in [1.807, 2.05) is 34.1 Å². The molecule has 6 nitrogen and oxygen atoms in total. The monoisotopic (exact) mass is 523 g/mol. The number of likely N-dealkylation sites (tertiary alicyclic amines) is 2. The topological polar surface area (TPSA) is 53.1 Å². The Balaban J connectivity index is 1.33. The average Bonchev–Trinajstić information content (AvgIpc) is 3.32. The molecule has 206 valence electrons. The zero-order valence-electron chi connectivity index (χ0n) is 22.9. The Hall–Kier alpha value is -2.93. The van der Waals surface area contributed by atoms with Crippen LogP contribution in [0.1, 0.15) is 57.1 Å². The third kappa shape index (κ3) is 8.29. The van der Waals surface area contributed by atoms with Crippen molar-refractivity contribution in [2.24, 2.45) is 5.92 Å². The number of hydrogen-bond donors (Lipinski definition) is 0. The first-order valence-electron chi connectivity index (χ1n) is 14.1. The van der Waals surface area contributed by atoms with Crippen LogP contribution in [0.25, 0.3) is 0 Å². The van der Waals surface area contributed by atoms with Gasteiger partial charge in [0.05, 0.1) is 13.0 Å². The van der Waals surface area contributed by atoms with E-state index in [0.29, 0.717) is 31.9 Å². The van der Waals surface area contributed by atoms with Gasteiger partial charge in [-0.25, -0.2) is 4.39 Å². The number of rotatable bonds is 12. The van der Waals surface area contributed by atoms with Gasteiger partial charge in [0.15, 0.2) is 0 Å². The molecular formula is C31H42FN3O3. The molecule has 7 heteroatoms. The molecule has 2 fully saturated rings. The zero-order chi connectivity index (χ0) is 26.9. The van der Waals surface area contributed by atoms with E-state index in [9.17, 15) is 14.0 Å². The maximum atomic E-state index is 13.6. The highest BCUT2D eigenvalue weighted by Crippen LogP contribution is 2.22. The van der Waals surface area contributed by atoms with Gasteiger partial charge in [-0.3, -0.25) is 9.59 Å². The van der Waals surface area contributed by atoms with Crippen LogP contribution < -0.4 is 4.74 Å². The van der Waals surface area contributed by atoms with Crippen LogP contribution in [0.2, 0.25) is 0 Å². The second-order valence-corrected chi connectivity index (χ2v) is 11.1. The van der Waals surface area contributed by atoms with Crippen molar-refractivity contribution in [3.8, 4) is 5.75 Å². The molecule has 38 heavy (non-hydrogen) atoms. The Morgan fingerprint density at radius 1 is 1.00 bits per heavy atom. The Kier molecular flexibility index (Phi) is 10.2. The third-order valence-corrected chi connectivity index (χ3v) is 7.52. The molecule has 0 spiro atoms. The minimum Gasteiger partial charge on any atom is -0.493 e. The van der Waals surface area contributed by atoms with Crippen molar-refractivity contribution >= 4 is 11.8 Å². The van der Waals surface area contributed by atoms with Crippen molar-refractivity contribution in [3.05, 3.63) is 65.5 Å². The fraction of sp³-hybridized carbons (Fsp3) is 0.548. The summed E-state index contributed by atoms with van der Waals surface area (Å²) in [6, 6.07) is 14.4. The lowest BCUT2D eigenvalue weighted by molar-refractivity contribution is -0.134. The third-order valence-electron chi connectivity index (χ3n) is 7.52. The predicted octanol–water partition coefficient (Wildman–Crippen LogP) is 4.91. The van der Waals surface area contributed by atoms with Gasteiger partial charge in [0.2, 0.25) is 11.8 Å². The van der Waals surface area contributed by atoms with Gasteiger partial charge in [-0.2, -0.15) is 0 Å². The van der Waals surface area contributed by atoms with Gasteiger partial charge in [-0.05, 0) is 73.5 Å². The number of piperidine rings is 1. The molecule has 0 aromatic heterocycles. The molecule has 0 N–H and O–H groups in total. The molecule has 0 saturated carbocycles. The SMILES string of the molecule is CC(C)COc1ccc(CC(=O)N(Cc2ccc(F)cc2)C2CCN(CCCN3CCCC3=O)CC2)cc1. The Morgan fingerprint density at radius 2 is 1.68 bits per heavy atom. The molecule has 2 amide bonds. The number of amides is 2. The number of nitrogens with zero attached hydrogens (tertiary/aromatic N) is 3. The number of carbonyl (C=O) groups excluding carboxylic acids is 2. The van der Waals surface area contributed by atoms with Crippen LogP contribution in [0, 0.1) is 11.7 Å². The van der Waals surface area contributed by atoms with Crippen LogP contribution >= 0.6 is 0 Å². The highest BCUT2D eigenvalue weighted by atomic mass is 19.1. The van der Waals surface area contributed by atoms with E-state index in [1.54, 1.807) is 12.1 Å². The first-order valence-corrected chi connectivity index (χ1v) is 14.1. The van der Waals surface area contributed by atoms with Gasteiger partial charge in [-0.1, -0.05) is 38.1 Å². The van der Waals surface area contributed by atoms with Crippen LogP contribution in [0.15, 0.2) is 48.5 Å². The minimum atomic E-state index is -0.268. The standard InChI is InChI=1S/C31H42FN3O3/c1-24(2)23-38-29-12-8-25(9-13-29)21-31(37)35(22-26-6-10-27(32)11-7-26)28-14-19-33(20-15-28)16-4-18-34-17-3-5-30(34)36/h6-13,24,28H,3-5,14-23H2,1-2H3. The summed E-state index contributed by atoms with van der Waals surface area (Å²) in [4.78, 5) is 31.9. The molecule has 4 rings (SSSR count). The van der Waals surface area contributed by atoms with E-state index in [4.69, 9.17) is 4.74 Å². The van der Waals surface area contributed by atoms with Crippen LogP contribution in [0.4, 0.5) is 4.39 Å². The van der Waals surface area contributed by atoms with E-state index in [-0.39, 0.29) is 23.7 Å². The van der Waals surface area contributed by atoms with Crippen LogP contribution in [-0.2, 0) is 22.6 Å². The molecule has 2 aromatic rings. The summed E-state index contributed by atoms with van der Waals surface area (Å²) in [6.45, 7) is 9.97. The first-order chi connectivity index (χ1) is 18.4. The smallest absolute Gasteiger partial charge is 0.227 e. The van der Waals surface area contributed by atoms with Crippen molar-refractivity contribution in [2.45, 2.75) is 65.0 Å². The largest absolute Gasteiger partial charge is 0.493 e. The second kappa shape index (κ2) is 13.7. The summed E-state index contributed by atoms with van der Waals surface area (Å²) in [7, 11) is 0. The molecule has 2 heterocycles. The fourth-order valence-electron chi connectivity index (χ4n) is 5.33. The number of carbonyl (C=O) groups is 2. The number of halogens is 1. The molecule has 0 bridgehead atoms. The lowest BCUT2D eigenvalue weighted by atomic mass is 10.0. The van der Waals surface area contributed by atoms with Gasteiger partial charge in [0, 0.05) is 45.2 Å².